The number of halogens is 3. The van der Waals surface area contributed by atoms with Crippen LogP contribution in [0.15, 0.2) is 21.3 Å². The number of alkyl halides is 3. The third-order valence-corrected chi connectivity index (χ3v) is 3.05. The van der Waals surface area contributed by atoms with Crippen LogP contribution in [0.2, 0.25) is 0 Å². The molecular weight excluding hydrogens is 311 g/mol. The molecule has 0 aliphatic carbocycles. The highest BCUT2D eigenvalue weighted by molar-refractivity contribution is 7.08. The summed E-state index contributed by atoms with van der Waals surface area (Å²) in [6, 6.07) is 1.73. The Labute approximate surface area is 120 Å². The lowest BCUT2D eigenvalue weighted by Crippen LogP contribution is -2.37. The number of carboxylic acids is 1. The molecule has 0 amide bonds. The van der Waals surface area contributed by atoms with Crippen molar-refractivity contribution in [3.63, 3.8) is 0 Å². The number of aliphatic carboxylic acids is 1. The van der Waals surface area contributed by atoms with Crippen LogP contribution in [0.4, 0.5) is 13.2 Å². The van der Waals surface area contributed by atoms with Gasteiger partial charge in [0.2, 0.25) is 0 Å². The maximum atomic E-state index is 12.4. The van der Waals surface area contributed by atoms with Gasteiger partial charge in [0.15, 0.2) is 5.82 Å². The molecule has 10 heteroatoms. The van der Waals surface area contributed by atoms with Crippen molar-refractivity contribution in [1.29, 1.82) is 0 Å². The van der Waals surface area contributed by atoms with Crippen molar-refractivity contribution in [3.05, 3.63) is 22.7 Å². The van der Waals surface area contributed by atoms with Gasteiger partial charge in [-0.2, -0.15) is 29.5 Å². The molecule has 6 nitrogen and oxygen atoms in total. The first-order valence-corrected chi connectivity index (χ1v) is 6.64. The minimum absolute atomic E-state index is 0.00157. The molecule has 0 spiro atoms. The second-order valence-corrected chi connectivity index (χ2v) is 4.96. The van der Waals surface area contributed by atoms with E-state index >= 15 is 0 Å². The molecule has 0 radical (unpaired) electrons. The van der Waals surface area contributed by atoms with Crippen molar-refractivity contribution in [2.45, 2.75) is 12.7 Å². The third kappa shape index (κ3) is 4.83. The van der Waals surface area contributed by atoms with E-state index in [0.29, 0.717) is 10.5 Å². The van der Waals surface area contributed by atoms with Crippen LogP contribution >= 0.6 is 11.3 Å². The molecule has 0 bridgehead atoms. The normalized spacial score (nSPS) is 12.0. The van der Waals surface area contributed by atoms with E-state index < -0.39 is 25.2 Å². The van der Waals surface area contributed by atoms with Gasteiger partial charge in [-0.25, -0.2) is 0 Å². The molecule has 0 saturated carbocycles. The summed E-state index contributed by atoms with van der Waals surface area (Å²) in [5.74, 6) is -1.17. The molecular formula is C11H10F3N3O3S. The molecule has 0 aliphatic heterocycles. The number of thiophene rings is 1. The second kappa shape index (κ2) is 6.22. The Kier molecular flexibility index (Phi) is 4.58. The van der Waals surface area contributed by atoms with Crippen molar-refractivity contribution >= 4 is 17.3 Å². The maximum absolute atomic E-state index is 12.4. The van der Waals surface area contributed by atoms with Gasteiger partial charge < -0.3 is 9.63 Å². The summed E-state index contributed by atoms with van der Waals surface area (Å²) in [4.78, 5) is 15.2. The van der Waals surface area contributed by atoms with Crippen LogP contribution in [0.5, 0.6) is 0 Å². The number of hydrogen-bond donors (Lipinski definition) is 1. The first-order valence-electron chi connectivity index (χ1n) is 5.69. The van der Waals surface area contributed by atoms with Crippen LogP contribution in [0.3, 0.4) is 0 Å². The van der Waals surface area contributed by atoms with E-state index in [-0.39, 0.29) is 18.3 Å². The Hall–Kier alpha value is -1.94. The molecule has 2 rings (SSSR count). The predicted molar refractivity (Wildman–Crippen MR) is 66.6 cm³/mol. The van der Waals surface area contributed by atoms with E-state index in [1.165, 1.54) is 11.3 Å². The fourth-order valence-corrected chi connectivity index (χ4v) is 2.26. The predicted octanol–water partition coefficient (Wildman–Crippen LogP) is 2.25. The Morgan fingerprint density at radius 3 is 2.81 bits per heavy atom. The quantitative estimate of drug-likeness (QED) is 0.879. The van der Waals surface area contributed by atoms with Gasteiger partial charge in [0.1, 0.15) is 0 Å². The standard InChI is InChI=1S/C11H10F3N3O3S/c12-11(13,14)6-17(4-9(18)19)3-8-15-10(20-16-8)7-1-2-21-5-7/h1-2,5H,3-4,6H2,(H,18,19). The highest BCUT2D eigenvalue weighted by Crippen LogP contribution is 2.21. The molecule has 21 heavy (non-hydrogen) atoms. The van der Waals surface area contributed by atoms with Gasteiger partial charge >= 0.3 is 12.1 Å². The topological polar surface area (TPSA) is 79.5 Å². The Balaban J connectivity index is 2.07. The van der Waals surface area contributed by atoms with E-state index in [1.54, 1.807) is 16.8 Å². The first kappa shape index (κ1) is 15.4. The number of rotatable bonds is 6. The number of carbonyl (C=O) groups is 1. The average Bonchev–Trinajstić information content (AvgIpc) is 2.94. The summed E-state index contributed by atoms with van der Waals surface area (Å²) in [5.41, 5.74) is 0.666. The molecule has 1 N–H and O–H groups in total. The van der Waals surface area contributed by atoms with Crippen molar-refractivity contribution < 1.29 is 27.6 Å². The summed E-state index contributed by atoms with van der Waals surface area (Å²) < 4.78 is 42.1. The highest BCUT2D eigenvalue weighted by atomic mass is 32.1. The summed E-state index contributed by atoms with van der Waals surface area (Å²) in [7, 11) is 0. The van der Waals surface area contributed by atoms with E-state index in [1.807, 2.05) is 0 Å². The lowest BCUT2D eigenvalue weighted by atomic mass is 10.3. The molecule has 0 unspecified atom stereocenters. The smallest absolute Gasteiger partial charge is 0.401 e. The maximum Gasteiger partial charge on any atom is 0.401 e. The largest absolute Gasteiger partial charge is 0.480 e. The fraction of sp³-hybridized carbons (Fsp3) is 0.364. The molecule has 0 fully saturated rings. The van der Waals surface area contributed by atoms with E-state index in [4.69, 9.17) is 9.63 Å². The zero-order valence-electron chi connectivity index (χ0n) is 10.5. The number of hydrogen-bond acceptors (Lipinski definition) is 6. The van der Waals surface area contributed by atoms with Gasteiger partial charge in [-0.05, 0) is 11.4 Å². The van der Waals surface area contributed by atoms with Crippen LogP contribution in [-0.4, -0.2) is 45.4 Å². The van der Waals surface area contributed by atoms with Crippen molar-refractivity contribution in [2.75, 3.05) is 13.1 Å². The van der Waals surface area contributed by atoms with Gasteiger partial charge in [-0.3, -0.25) is 9.69 Å². The van der Waals surface area contributed by atoms with Gasteiger partial charge in [-0.1, -0.05) is 5.16 Å². The summed E-state index contributed by atoms with van der Waals surface area (Å²) >= 11 is 1.41. The molecule has 0 atom stereocenters. The minimum atomic E-state index is -4.50. The SMILES string of the molecule is O=C(O)CN(Cc1noc(-c2ccsc2)n1)CC(F)(F)F. The van der Waals surface area contributed by atoms with Crippen LogP contribution in [-0.2, 0) is 11.3 Å². The Morgan fingerprint density at radius 2 is 2.24 bits per heavy atom. The second-order valence-electron chi connectivity index (χ2n) is 4.18. The summed E-state index contributed by atoms with van der Waals surface area (Å²) in [6.07, 6.45) is -4.50. The lowest BCUT2D eigenvalue weighted by molar-refractivity contribution is -0.155. The van der Waals surface area contributed by atoms with Crippen LogP contribution in [0.1, 0.15) is 5.82 Å². The van der Waals surface area contributed by atoms with Gasteiger partial charge in [0.25, 0.3) is 5.89 Å². The molecule has 0 aromatic carbocycles. The Morgan fingerprint density at radius 1 is 1.48 bits per heavy atom. The van der Waals surface area contributed by atoms with Crippen LogP contribution < -0.4 is 0 Å². The molecule has 2 aromatic rings. The molecule has 0 aliphatic rings. The first-order chi connectivity index (χ1) is 9.83. The van der Waals surface area contributed by atoms with Crippen LogP contribution in [0, 0.1) is 0 Å². The highest BCUT2D eigenvalue weighted by Gasteiger charge is 2.32. The van der Waals surface area contributed by atoms with E-state index in [9.17, 15) is 18.0 Å². The van der Waals surface area contributed by atoms with Gasteiger partial charge in [0, 0.05) is 5.38 Å². The molecule has 2 heterocycles. The minimum Gasteiger partial charge on any atom is -0.480 e. The molecule has 2 aromatic heterocycles. The average molecular weight is 321 g/mol. The number of carboxylic acid groups (broad SMARTS) is 1. The Bertz CT molecular complexity index is 597. The molecule has 0 saturated heterocycles. The lowest BCUT2D eigenvalue weighted by Gasteiger charge is -2.19. The monoisotopic (exact) mass is 321 g/mol. The third-order valence-electron chi connectivity index (χ3n) is 2.36. The van der Waals surface area contributed by atoms with Gasteiger partial charge in [-0.15, -0.1) is 0 Å². The van der Waals surface area contributed by atoms with Crippen molar-refractivity contribution in [3.8, 4) is 11.5 Å². The zero-order chi connectivity index (χ0) is 15.5. The summed E-state index contributed by atoms with van der Waals surface area (Å²) in [6.45, 7) is -2.48. The van der Waals surface area contributed by atoms with Crippen LogP contribution in [0.25, 0.3) is 11.5 Å². The fourth-order valence-electron chi connectivity index (χ4n) is 1.63. The van der Waals surface area contributed by atoms with Crippen molar-refractivity contribution in [1.82, 2.24) is 15.0 Å². The van der Waals surface area contributed by atoms with Crippen molar-refractivity contribution in [2.24, 2.45) is 0 Å². The summed E-state index contributed by atoms with van der Waals surface area (Å²) in [5, 5.41) is 15.8. The van der Waals surface area contributed by atoms with E-state index in [2.05, 4.69) is 10.1 Å². The van der Waals surface area contributed by atoms with E-state index in [0.717, 1.165) is 0 Å². The molecule has 114 valence electrons. The van der Waals surface area contributed by atoms with Gasteiger partial charge in [0.05, 0.1) is 25.2 Å². The number of nitrogens with zero attached hydrogens (tertiary/aromatic N) is 3. The number of aromatic nitrogens is 2. The zero-order valence-corrected chi connectivity index (χ0v) is 11.3.